The molecular formula is C13H13N3O4S. The first-order valence-electron chi connectivity index (χ1n) is 6.05. The van der Waals surface area contributed by atoms with E-state index < -0.39 is 11.2 Å². The average Bonchev–Trinajstić information content (AvgIpc) is 2.73. The van der Waals surface area contributed by atoms with Gasteiger partial charge in [0.1, 0.15) is 11.0 Å². The minimum atomic E-state index is -1.04. The molecule has 1 aliphatic heterocycles. The van der Waals surface area contributed by atoms with E-state index in [4.69, 9.17) is 5.11 Å². The summed E-state index contributed by atoms with van der Waals surface area (Å²) in [5, 5.41) is 27.9. The van der Waals surface area contributed by atoms with Gasteiger partial charge in [0.05, 0.1) is 12.6 Å². The Morgan fingerprint density at radius 1 is 1.52 bits per heavy atom. The van der Waals surface area contributed by atoms with Gasteiger partial charge in [-0.2, -0.15) is 5.10 Å². The summed E-state index contributed by atoms with van der Waals surface area (Å²) in [6, 6.07) is 5.07. The standard InChI is InChI=1S/C13H13N3O4S/c1-7-2-3-8(4-9(7)17)6-14-16-13-15-12(20)10(21-13)5-11(18)19/h2-4,6,10,17H,5H2,1H3,(H,18,19)(H,15,16,20). The molecule has 1 aromatic carbocycles. The predicted octanol–water partition coefficient (Wildman–Crippen LogP) is 1.10. The maximum absolute atomic E-state index is 11.5. The van der Waals surface area contributed by atoms with Crippen molar-refractivity contribution in [1.29, 1.82) is 0 Å². The van der Waals surface area contributed by atoms with Gasteiger partial charge >= 0.3 is 5.97 Å². The molecule has 1 unspecified atom stereocenters. The van der Waals surface area contributed by atoms with Crippen LogP contribution in [0.25, 0.3) is 0 Å². The smallest absolute Gasteiger partial charge is 0.305 e. The van der Waals surface area contributed by atoms with Gasteiger partial charge in [-0.3, -0.25) is 9.59 Å². The maximum Gasteiger partial charge on any atom is 0.305 e. The molecule has 7 nitrogen and oxygen atoms in total. The molecule has 21 heavy (non-hydrogen) atoms. The van der Waals surface area contributed by atoms with E-state index in [0.717, 1.165) is 17.3 Å². The second-order valence-corrected chi connectivity index (χ2v) is 5.58. The average molecular weight is 307 g/mol. The number of phenolic OH excluding ortho intramolecular Hbond substituents is 1. The van der Waals surface area contributed by atoms with E-state index >= 15 is 0 Å². The number of amidine groups is 1. The molecule has 8 heteroatoms. The van der Waals surface area contributed by atoms with Gasteiger partial charge in [-0.15, -0.1) is 5.10 Å². The Labute approximate surface area is 124 Å². The van der Waals surface area contributed by atoms with Crippen molar-refractivity contribution in [3.8, 4) is 5.75 Å². The Morgan fingerprint density at radius 2 is 2.29 bits per heavy atom. The van der Waals surface area contributed by atoms with E-state index in [1.165, 1.54) is 6.21 Å². The number of benzene rings is 1. The number of hydrogen-bond acceptors (Lipinski definition) is 6. The molecule has 0 aromatic heterocycles. The maximum atomic E-state index is 11.5. The van der Waals surface area contributed by atoms with Gasteiger partial charge in [0.15, 0.2) is 5.17 Å². The molecule has 0 aliphatic carbocycles. The zero-order chi connectivity index (χ0) is 15.4. The zero-order valence-corrected chi connectivity index (χ0v) is 11.9. The van der Waals surface area contributed by atoms with Crippen molar-refractivity contribution in [3.63, 3.8) is 0 Å². The minimum absolute atomic E-state index is 0.164. The SMILES string of the molecule is Cc1ccc(C=NN=C2NC(=O)C(CC(=O)O)S2)cc1O. The van der Waals surface area contributed by atoms with Gasteiger partial charge < -0.3 is 15.5 Å². The number of carboxylic acid groups (broad SMARTS) is 1. The number of carboxylic acids is 1. The van der Waals surface area contributed by atoms with Crippen LogP contribution in [-0.4, -0.2) is 38.7 Å². The first-order valence-corrected chi connectivity index (χ1v) is 6.93. The molecular weight excluding hydrogens is 294 g/mol. The van der Waals surface area contributed by atoms with Crippen LogP contribution in [-0.2, 0) is 9.59 Å². The van der Waals surface area contributed by atoms with Crippen LogP contribution in [0.5, 0.6) is 5.75 Å². The minimum Gasteiger partial charge on any atom is -0.508 e. The molecule has 1 atom stereocenters. The number of nitrogens with zero attached hydrogens (tertiary/aromatic N) is 2. The summed E-state index contributed by atoms with van der Waals surface area (Å²) in [5.74, 6) is -1.26. The summed E-state index contributed by atoms with van der Waals surface area (Å²) in [5.41, 5.74) is 1.42. The van der Waals surface area contributed by atoms with E-state index in [1.54, 1.807) is 25.1 Å². The van der Waals surface area contributed by atoms with Gasteiger partial charge in [0.25, 0.3) is 0 Å². The Morgan fingerprint density at radius 3 is 2.95 bits per heavy atom. The number of rotatable bonds is 4. The summed E-state index contributed by atoms with van der Waals surface area (Å²) in [7, 11) is 0. The Hall–Kier alpha value is -2.35. The van der Waals surface area contributed by atoms with Gasteiger partial charge in [-0.1, -0.05) is 23.9 Å². The molecule has 1 aromatic rings. The van der Waals surface area contributed by atoms with Crippen molar-refractivity contribution < 1.29 is 19.8 Å². The van der Waals surface area contributed by atoms with Crippen LogP contribution in [0.15, 0.2) is 28.4 Å². The van der Waals surface area contributed by atoms with Crippen molar-refractivity contribution in [3.05, 3.63) is 29.3 Å². The van der Waals surface area contributed by atoms with Crippen LogP contribution in [0.3, 0.4) is 0 Å². The molecule has 1 fully saturated rings. The summed E-state index contributed by atoms with van der Waals surface area (Å²) in [4.78, 5) is 22.1. The lowest BCUT2D eigenvalue weighted by Gasteiger charge is -1.98. The molecule has 0 radical (unpaired) electrons. The second kappa shape index (κ2) is 6.40. The highest BCUT2D eigenvalue weighted by Crippen LogP contribution is 2.22. The van der Waals surface area contributed by atoms with Gasteiger partial charge in [0.2, 0.25) is 5.91 Å². The topological polar surface area (TPSA) is 111 Å². The van der Waals surface area contributed by atoms with Crippen LogP contribution in [0.2, 0.25) is 0 Å². The largest absolute Gasteiger partial charge is 0.508 e. The lowest BCUT2D eigenvalue weighted by Crippen LogP contribution is -2.26. The molecule has 110 valence electrons. The van der Waals surface area contributed by atoms with E-state index in [1.807, 2.05) is 0 Å². The van der Waals surface area contributed by atoms with Crippen LogP contribution in [0, 0.1) is 6.92 Å². The van der Waals surface area contributed by atoms with Crippen molar-refractivity contribution in [1.82, 2.24) is 5.32 Å². The van der Waals surface area contributed by atoms with E-state index in [0.29, 0.717) is 5.56 Å². The second-order valence-electron chi connectivity index (χ2n) is 4.39. The first kappa shape index (κ1) is 15.0. The number of aryl methyl sites for hydroxylation is 1. The number of amides is 1. The number of thioether (sulfide) groups is 1. The number of hydrogen-bond donors (Lipinski definition) is 3. The van der Waals surface area contributed by atoms with Crippen LogP contribution in [0.1, 0.15) is 17.5 Å². The Balaban J connectivity index is 2.01. The fourth-order valence-electron chi connectivity index (χ4n) is 1.60. The van der Waals surface area contributed by atoms with Crippen molar-refractivity contribution in [2.75, 3.05) is 0 Å². The first-order chi connectivity index (χ1) is 9.95. The monoisotopic (exact) mass is 307 g/mol. The normalized spacial score (nSPS) is 20.1. The highest BCUT2D eigenvalue weighted by molar-refractivity contribution is 8.15. The van der Waals surface area contributed by atoms with Crippen LogP contribution >= 0.6 is 11.8 Å². The summed E-state index contributed by atoms with van der Waals surface area (Å²) in [6.07, 6.45) is 1.18. The number of carbonyl (C=O) groups excluding carboxylic acids is 1. The molecule has 0 spiro atoms. The van der Waals surface area contributed by atoms with E-state index in [-0.39, 0.29) is 23.2 Å². The van der Waals surface area contributed by atoms with Gasteiger partial charge in [-0.05, 0) is 24.1 Å². The molecule has 2 rings (SSSR count). The van der Waals surface area contributed by atoms with Gasteiger partial charge in [-0.25, -0.2) is 0 Å². The summed E-state index contributed by atoms with van der Waals surface area (Å²) in [6.45, 7) is 1.78. The molecule has 3 N–H and O–H groups in total. The number of carbonyl (C=O) groups is 2. The highest BCUT2D eigenvalue weighted by atomic mass is 32.2. The number of aromatic hydroxyl groups is 1. The lowest BCUT2D eigenvalue weighted by atomic mass is 10.1. The molecule has 0 bridgehead atoms. The number of aliphatic carboxylic acids is 1. The van der Waals surface area contributed by atoms with Crippen LogP contribution in [0.4, 0.5) is 0 Å². The Kier molecular flexibility index (Phi) is 4.59. The fourth-order valence-corrected chi connectivity index (χ4v) is 2.52. The fraction of sp³-hybridized carbons (Fsp3) is 0.231. The summed E-state index contributed by atoms with van der Waals surface area (Å²) < 4.78 is 0. The van der Waals surface area contributed by atoms with Crippen LogP contribution < -0.4 is 5.32 Å². The highest BCUT2D eigenvalue weighted by Gasteiger charge is 2.32. The summed E-state index contributed by atoms with van der Waals surface area (Å²) >= 11 is 1.03. The lowest BCUT2D eigenvalue weighted by molar-refractivity contribution is -0.138. The molecule has 1 heterocycles. The van der Waals surface area contributed by atoms with E-state index in [2.05, 4.69) is 15.5 Å². The molecule has 1 saturated heterocycles. The zero-order valence-electron chi connectivity index (χ0n) is 11.1. The van der Waals surface area contributed by atoms with Crippen molar-refractivity contribution in [2.24, 2.45) is 10.2 Å². The van der Waals surface area contributed by atoms with Crippen molar-refractivity contribution in [2.45, 2.75) is 18.6 Å². The third-order valence-corrected chi connectivity index (χ3v) is 3.80. The van der Waals surface area contributed by atoms with Crippen molar-refractivity contribution >= 4 is 35.0 Å². The van der Waals surface area contributed by atoms with Gasteiger partial charge in [0, 0.05) is 0 Å². The molecule has 1 aliphatic rings. The number of nitrogens with one attached hydrogen (secondary N) is 1. The number of phenols is 1. The Bertz CT molecular complexity index is 642. The quantitative estimate of drug-likeness (QED) is 0.569. The molecule has 0 saturated carbocycles. The third kappa shape index (κ3) is 4.06. The van der Waals surface area contributed by atoms with E-state index in [9.17, 15) is 14.7 Å². The third-order valence-electron chi connectivity index (χ3n) is 2.73. The predicted molar refractivity (Wildman–Crippen MR) is 79.6 cm³/mol. The molecule has 1 amide bonds.